The Morgan fingerprint density at radius 2 is 2.00 bits per heavy atom. The zero-order valence-electron chi connectivity index (χ0n) is 11.2. The van der Waals surface area contributed by atoms with Crippen molar-refractivity contribution in [1.82, 2.24) is 9.80 Å². The molecule has 1 saturated carbocycles. The van der Waals surface area contributed by atoms with E-state index in [0.717, 1.165) is 38.8 Å². The Balaban J connectivity index is 2.50. The number of carbonyl (C=O) groups excluding carboxylic acids is 1. The Morgan fingerprint density at radius 3 is 2.35 bits per heavy atom. The van der Waals surface area contributed by atoms with Crippen LogP contribution >= 0.6 is 0 Å². The number of amides is 1. The van der Waals surface area contributed by atoms with Crippen molar-refractivity contribution < 1.29 is 4.79 Å². The Morgan fingerprint density at radius 1 is 1.35 bits per heavy atom. The van der Waals surface area contributed by atoms with Crippen LogP contribution in [0.15, 0.2) is 0 Å². The molecule has 0 aromatic rings. The van der Waals surface area contributed by atoms with Crippen LogP contribution in [0.1, 0.15) is 32.6 Å². The monoisotopic (exact) mass is 237 g/mol. The molecular formula is C13H23N3O. The number of hydrogen-bond acceptors (Lipinski definition) is 3. The minimum Gasteiger partial charge on any atom is -0.342 e. The van der Waals surface area contributed by atoms with E-state index >= 15 is 0 Å². The molecule has 0 unspecified atom stereocenters. The first kappa shape index (κ1) is 14.0. The van der Waals surface area contributed by atoms with Gasteiger partial charge < -0.3 is 9.80 Å². The van der Waals surface area contributed by atoms with E-state index in [4.69, 9.17) is 5.26 Å². The second kappa shape index (κ2) is 6.02. The lowest BCUT2D eigenvalue weighted by atomic mass is 9.69. The molecule has 1 rings (SSSR count). The van der Waals surface area contributed by atoms with Crippen LogP contribution in [0.3, 0.4) is 0 Å². The molecular weight excluding hydrogens is 214 g/mol. The van der Waals surface area contributed by atoms with Gasteiger partial charge in [0, 0.05) is 13.1 Å². The van der Waals surface area contributed by atoms with Crippen LogP contribution in [-0.2, 0) is 4.79 Å². The highest BCUT2D eigenvalue weighted by atomic mass is 16.2. The standard InChI is InChI=1S/C13H23N3O/c1-4-16(10-6-9-15(2)3)12(17)13(11-14)7-5-8-13/h4-10H2,1-3H3. The normalized spacial score (nSPS) is 17.4. The number of nitriles is 1. The van der Waals surface area contributed by atoms with Crippen molar-refractivity contribution in [2.45, 2.75) is 32.6 Å². The predicted molar refractivity (Wildman–Crippen MR) is 67.3 cm³/mol. The lowest BCUT2D eigenvalue weighted by Gasteiger charge is -2.38. The van der Waals surface area contributed by atoms with E-state index in [9.17, 15) is 4.79 Å². The molecule has 4 heteroatoms. The van der Waals surface area contributed by atoms with E-state index in [1.54, 1.807) is 0 Å². The van der Waals surface area contributed by atoms with Crippen LogP contribution in [0.4, 0.5) is 0 Å². The summed E-state index contributed by atoms with van der Waals surface area (Å²) in [5.41, 5.74) is -0.686. The molecule has 1 fully saturated rings. The van der Waals surface area contributed by atoms with Gasteiger partial charge in [-0.25, -0.2) is 0 Å². The highest BCUT2D eigenvalue weighted by molar-refractivity contribution is 5.86. The van der Waals surface area contributed by atoms with E-state index in [1.807, 2.05) is 25.9 Å². The molecule has 0 aromatic carbocycles. The second-order valence-electron chi connectivity index (χ2n) is 5.09. The Kier molecular flexibility index (Phi) is 4.95. The van der Waals surface area contributed by atoms with Gasteiger partial charge in [0.15, 0.2) is 0 Å². The average Bonchev–Trinajstić information content (AvgIpc) is 2.23. The van der Waals surface area contributed by atoms with Crippen LogP contribution in [0, 0.1) is 16.7 Å². The van der Waals surface area contributed by atoms with Gasteiger partial charge >= 0.3 is 0 Å². The zero-order chi connectivity index (χ0) is 12.9. The molecule has 0 aromatic heterocycles. The first-order chi connectivity index (χ1) is 8.05. The molecule has 0 aliphatic heterocycles. The fourth-order valence-electron chi connectivity index (χ4n) is 2.19. The van der Waals surface area contributed by atoms with Crippen molar-refractivity contribution >= 4 is 5.91 Å². The number of nitrogens with zero attached hydrogens (tertiary/aromatic N) is 3. The van der Waals surface area contributed by atoms with Gasteiger partial charge in [0.1, 0.15) is 5.41 Å². The summed E-state index contributed by atoms with van der Waals surface area (Å²) in [6.07, 6.45) is 3.46. The Labute approximate surface area is 104 Å². The van der Waals surface area contributed by atoms with Gasteiger partial charge in [-0.15, -0.1) is 0 Å². The van der Waals surface area contributed by atoms with Gasteiger partial charge in [-0.2, -0.15) is 5.26 Å². The maximum atomic E-state index is 12.3. The maximum Gasteiger partial charge on any atom is 0.243 e. The quantitative estimate of drug-likeness (QED) is 0.703. The van der Waals surface area contributed by atoms with E-state index in [-0.39, 0.29) is 5.91 Å². The van der Waals surface area contributed by atoms with Crippen LogP contribution in [0.5, 0.6) is 0 Å². The minimum atomic E-state index is -0.686. The van der Waals surface area contributed by atoms with Crippen LogP contribution < -0.4 is 0 Å². The summed E-state index contributed by atoms with van der Waals surface area (Å²) < 4.78 is 0. The zero-order valence-corrected chi connectivity index (χ0v) is 11.2. The third kappa shape index (κ3) is 3.19. The van der Waals surface area contributed by atoms with E-state index in [2.05, 4.69) is 11.0 Å². The molecule has 0 N–H and O–H groups in total. The molecule has 17 heavy (non-hydrogen) atoms. The summed E-state index contributed by atoms with van der Waals surface area (Å²) in [7, 11) is 4.06. The minimum absolute atomic E-state index is 0.0486. The molecule has 0 radical (unpaired) electrons. The van der Waals surface area contributed by atoms with Crippen molar-refractivity contribution in [1.29, 1.82) is 5.26 Å². The fraction of sp³-hybridized carbons (Fsp3) is 0.846. The lowest BCUT2D eigenvalue weighted by molar-refractivity contribution is -0.142. The van der Waals surface area contributed by atoms with Crippen molar-refractivity contribution in [2.75, 3.05) is 33.7 Å². The van der Waals surface area contributed by atoms with Crippen molar-refractivity contribution in [2.24, 2.45) is 5.41 Å². The summed E-state index contributed by atoms with van der Waals surface area (Å²) in [5.74, 6) is 0.0486. The second-order valence-corrected chi connectivity index (χ2v) is 5.09. The SMILES string of the molecule is CCN(CCCN(C)C)C(=O)C1(C#N)CCC1. The van der Waals surface area contributed by atoms with Gasteiger partial charge in [0.05, 0.1) is 6.07 Å². The molecule has 4 nitrogen and oxygen atoms in total. The summed E-state index contributed by atoms with van der Waals surface area (Å²) in [6, 6.07) is 2.23. The smallest absolute Gasteiger partial charge is 0.243 e. The molecule has 0 bridgehead atoms. The van der Waals surface area contributed by atoms with Crippen LogP contribution in [-0.4, -0.2) is 49.4 Å². The molecule has 0 atom stereocenters. The van der Waals surface area contributed by atoms with Crippen molar-refractivity contribution in [3.05, 3.63) is 0 Å². The molecule has 1 aliphatic carbocycles. The van der Waals surface area contributed by atoms with E-state index in [0.29, 0.717) is 6.54 Å². The highest BCUT2D eigenvalue weighted by Gasteiger charge is 2.46. The van der Waals surface area contributed by atoms with Gasteiger partial charge in [-0.05, 0) is 53.2 Å². The first-order valence-corrected chi connectivity index (χ1v) is 6.41. The van der Waals surface area contributed by atoms with Gasteiger partial charge in [-0.3, -0.25) is 4.79 Å². The third-order valence-electron chi connectivity index (χ3n) is 3.53. The topological polar surface area (TPSA) is 47.3 Å². The lowest BCUT2D eigenvalue weighted by Crippen LogP contribution is -2.47. The number of carbonyl (C=O) groups is 1. The van der Waals surface area contributed by atoms with Gasteiger partial charge in [0.25, 0.3) is 0 Å². The van der Waals surface area contributed by atoms with Crippen LogP contribution in [0.2, 0.25) is 0 Å². The average molecular weight is 237 g/mol. The molecule has 96 valence electrons. The maximum absolute atomic E-state index is 12.3. The largest absolute Gasteiger partial charge is 0.342 e. The summed E-state index contributed by atoms with van der Waals surface area (Å²) in [6.45, 7) is 4.42. The third-order valence-corrected chi connectivity index (χ3v) is 3.53. The Bertz CT molecular complexity index is 302. The van der Waals surface area contributed by atoms with E-state index in [1.165, 1.54) is 0 Å². The molecule has 0 heterocycles. The fourth-order valence-corrected chi connectivity index (χ4v) is 2.19. The Hall–Kier alpha value is -1.08. The molecule has 1 aliphatic rings. The van der Waals surface area contributed by atoms with Crippen molar-refractivity contribution in [3.8, 4) is 6.07 Å². The molecule has 0 saturated heterocycles. The summed E-state index contributed by atoms with van der Waals surface area (Å²) in [5, 5.41) is 9.16. The summed E-state index contributed by atoms with van der Waals surface area (Å²) in [4.78, 5) is 16.2. The predicted octanol–water partition coefficient (Wildman–Crippen LogP) is 1.48. The highest BCUT2D eigenvalue weighted by Crippen LogP contribution is 2.41. The van der Waals surface area contributed by atoms with Gasteiger partial charge in [0.2, 0.25) is 5.91 Å². The number of hydrogen-bond donors (Lipinski definition) is 0. The number of rotatable bonds is 6. The first-order valence-electron chi connectivity index (χ1n) is 6.41. The van der Waals surface area contributed by atoms with E-state index < -0.39 is 5.41 Å². The molecule has 1 amide bonds. The van der Waals surface area contributed by atoms with Gasteiger partial charge in [-0.1, -0.05) is 0 Å². The van der Waals surface area contributed by atoms with Crippen molar-refractivity contribution in [3.63, 3.8) is 0 Å². The molecule has 0 spiro atoms. The van der Waals surface area contributed by atoms with Crippen LogP contribution in [0.25, 0.3) is 0 Å². The summed E-state index contributed by atoms with van der Waals surface area (Å²) >= 11 is 0.